The van der Waals surface area contributed by atoms with Crippen LogP contribution in [0.15, 0.2) is 59.1 Å². The monoisotopic (exact) mass is 424 g/mol. The Kier molecular flexibility index (Phi) is 6.84. The van der Waals surface area contributed by atoms with Crippen LogP contribution in [0.25, 0.3) is 11.3 Å². The molecule has 6 nitrogen and oxygen atoms in total. The van der Waals surface area contributed by atoms with Gasteiger partial charge in [0.05, 0.1) is 13.7 Å². The molecule has 3 aromatic rings. The lowest BCUT2D eigenvalue weighted by atomic mass is 10.1. The zero-order valence-electron chi connectivity index (χ0n) is 18.1. The van der Waals surface area contributed by atoms with Gasteiger partial charge in [0.15, 0.2) is 5.76 Å². The predicted molar refractivity (Wildman–Crippen MR) is 120 cm³/mol. The van der Waals surface area contributed by atoms with Crippen LogP contribution in [0.1, 0.15) is 5.76 Å². The molecule has 0 saturated carbocycles. The van der Waals surface area contributed by atoms with E-state index in [9.17, 15) is 4.39 Å². The molecule has 0 N–H and O–H groups in total. The SMILES string of the molecule is COc1ccc(N2CCN(CCN(C)Cc3cc(-c4ccccc4F)no3)CC2)cc1. The van der Waals surface area contributed by atoms with E-state index >= 15 is 0 Å². The third-order valence-electron chi connectivity index (χ3n) is 5.74. The van der Waals surface area contributed by atoms with Crippen molar-refractivity contribution in [3.05, 3.63) is 66.2 Å². The van der Waals surface area contributed by atoms with Gasteiger partial charge in [0.2, 0.25) is 0 Å². The highest BCUT2D eigenvalue weighted by molar-refractivity contribution is 5.59. The van der Waals surface area contributed by atoms with E-state index in [0.29, 0.717) is 17.8 Å². The van der Waals surface area contributed by atoms with Crippen LogP contribution in [-0.4, -0.2) is 68.4 Å². The van der Waals surface area contributed by atoms with Crippen LogP contribution >= 0.6 is 0 Å². The fraction of sp³-hybridized carbons (Fsp3) is 0.375. The van der Waals surface area contributed by atoms with Gasteiger partial charge < -0.3 is 14.2 Å². The van der Waals surface area contributed by atoms with Gasteiger partial charge in [-0.1, -0.05) is 17.3 Å². The standard InChI is InChI=1S/C24H29FN4O2/c1-27(18-21-17-24(26-31-21)22-5-3-4-6-23(22)25)11-12-28-13-15-29(16-14-28)19-7-9-20(30-2)10-8-19/h3-10,17H,11-16,18H2,1-2H3. The van der Waals surface area contributed by atoms with E-state index in [0.717, 1.165) is 50.8 Å². The van der Waals surface area contributed by atoms with Crippen LogP contribution in [0.4, 0.5) is 10.1 Å². The average Bonchev–Trinajstić information content (AvgIpc) is 3.26. The molecule has 1 saturated heterocycles. The van der Waals surface area contributed by atoms with E-state index in [-0.39, 0.29) is 5.82 Å². The summed E-state index contributed by atoms with van der Waals surface area (Å²) in [5, 5.41) is 4.03. The first-order chi connectivity index (χ1) is 15.1. The summed E-state index contributed by atoms with van der Waals surface area (Å²) >= 11 is 0. The first kappa shape index (κ1) is 21.3. The number of nitrogens with zero attached hydrogens (tertiary/aromatic N) is 4. The van der Waals surface area contributed by atoms with Gasteiger partial charge in [0, 0.05) is 56.6 Å². The minimum absolute atomic E-state index is 0.288. The smallest absolute Gasteiger partial charge is 0.151 e. The van der Waals surface area contributed by atoms with Crippen molar-refractivity contribution in [2.24, 2.45) is 0 Å². The van der Waals surface area contributed by atoms with Crippen molar-refractivity contribution >= 4 is 5.69 Å². The Balaban J connectivity index is 1.22. The highest BCUT2D eigenvalue weighted by Crippen LogP contribution is 2.23. The second-order valence-corrected chi connectivity index (χ2v) is 7.92. The number of benzene rings is 2. The highest BCUT2D eigenvalue weighted by atomic mass is 19.1. The number of ether oxygens (including phenoxy) is 1. The topological polar surface area (TPSA) is 45.0 Å². The molecule has 0 radical (unpaired) electrons. The zero-order chi connectivity index (χ0) is 21.6. The van der Waals surface area contributed by atoms with Crippen LogP contribution in [-0.2, 0) is 6.54 Å². The number of hydrogen-bond acceptors (Lipinski definition) is 6. The molecule has 0 unspecified atom stereocenters. The third-order valence-corrected chi connectivity index (χ3v) is 5.74. The van der Waals surface area contributed by atoms with Gasteiger partial charge in [-0.3, -0.25) is 9.80 Å². The lowest BCUT2D eigenvalue weighted by Gasteiger charge is -2.36. The van der Waals surface area contributed by atoms with Crippen molar-refractivity contribution in [3.63, 3.8) is 0 Å². The van der Waals surface area contributed by atoms with Crippen LogP contribution in [0.2, 0.25) is 0 Å². The second kappa shape index (κ2) is 9.94. The minimum Gasteiger partial charge on any atom is -0.497 e. The molecule has 1 fully saturated rings. The van der Waals surface area contributed by atoms with Gasteiger partial charge in [0.1, 0.15) is 17.3 Å². The quantitative estimate of drug-likeness (QED) is 0.549. The molecule has 0 spiro atoms. The van der Waals surface area contributed by atoms with Crippen LogP contribution in [0.5, 0.6) is 5.75 Å². The van der Waals surface area contributed by atoms with Gasteiger partial charge in [-0.2, -0.15) is 0 Å². The number of piperazine rings is 1. The summed E-state index contributed by atoms with van der Waals surface area (Å²) in [6.07, 6.45) is 0. The Hall–Kier alpha value is -2.90. The molecule has 2 aromatic carbocycles. The lowest BCUT2D eigenvalue weighted by Crippen LogP contribution is -2.48. The van der Waals surface area contributed by atoms with E-state index in [1.807, 2.05) is 18.2 Å². The number of likely N-dealkylation sites (N-methyl/N-ethyl adjacent to an activating group) is 1. The van der Waals surface area contributed by atoms with E-state index in [4.69, 9.17) is 9.26 Å². The maximum atomic E-state index is 13.9. The minimum atomic E-state index is -0.288. The summed E-state index contributed by atoms with van der Waals surface area (Å²) in [4.78, 5) is 7.11. The second-order valence-electron chi connectivity index (χ2n) is 7.92. The van der Waals surface area contributed by atoms with E-state index in [1.54, 1.807) is 25.3 Å². The number of methoxy groups -OCH3 is 1. The van der Waals surface area contributed by atoms with Gasteiger partial charge in [-0.25, -0.2) is 4.39 Å². The van der Waals surface area contributed by atoms with Gasteiger partial charge in [-0.15, -0.1) is 0 Å². The molecule has 2 heterocycles. The molecule has 0 amide bonds. The Labute approximate surface area is 182 Å². The first-order valence-corrected chi connectivity index (χ1v) is 10.6. The lowest BCUT2D eigenvalue weighted by molar-refractivity contribution is 0.202. The number of rotatable bonds is 8. The van der Waals surface area contributed by atoms with Crippen molar-refractivity contribution in [3.8, 4) is 17.0 Å². The molecule has 1 aliphatic heterocycles. The molecule has 164 valence electrons. The fourth-order valence-corrected chi connectivity index (χ4v) is 3.86. The van der Waals surface area contributed by atoms with Gasteiger partial charge in [0.25, 0.3) is 0 Å². The molecule has 1 aliphatic rings. The van der Waals surface area contributed by atoms with Crippen molar-refractivity contribution in [1.29, 1.82) is 0 Å². The molecule has 0 atom stereocenters. The van der Waals surface area contributed by atoms with Crippen molar-refractivity contribution in [2.75, 3.05) is 58.3 Å². The average molecular weight is 425 g/mol. The molecule has 7 heteroatoms. The predicted octanol–water partition coefficient (Wildman–Crippen LogP) is 3.74. The Bertz CT molecular complexity index is 968. The number of halogens is 1. The van der Waals surface area contributed by atoms with Crippen molar-refractivity contribution in [2.45, 2.75) is 6.54 Å². The van der Waals surface area contributed by atoms with Crippen LogP contribution in [0, 0.1) is 5.82 Å². The number of aromatic nitrogens is 1. The summed E-state index contributed by atoms with van der Waals surface area (Å²) in [7, 11) is 3.76. The van der Waals surface area contributed by atoms with E-state index < -0.39 is 0 Å². The Morgan fingerprint density at radius 2 is 1.81 bits per heavy atom. The van der Waals surface area contributed by atoms with E-state index in [2.05, 4.69) is 39.0 Å². The highest BCUT2D eigenvalue weighted by Gasteiger charge is 2.18. The summed E-state index contributed by atoms with van der Waals surface area (Å²) in [5.74, 6) is 1.34. The van der Waals surface area contributed by atoms with Crippen LogP contribution < -0.4 is 9.64 Å². The maximum absolute atomic E-state index is 13.9. The fourth-order valence-electron chi connectivity index (χ4n) is 3.86. The maximum Gasteiger partial charge on any atom is 0.151 e. The van der Waals surface area contributed by atoms with Gasteiger partial charge >= 0.3 is 0 Å². The molecule has 0 aliphatic carbocycles. The molecule has 31 heavy (non-hydrogen) atoms. The molecule has 1 aromatic heterocycles. The van der Waals surface area contributed by atoms with E-state index in [1.165, 1.54) is 11.8 Å². The summed E-state index contributed by atoms with van der Waals surface area (Å²) < 4.78 is 24.6. The molecule has 4 rings (SSSR count). The van der Waals surface area contributed by atoms with Crippen LogP contribution in [0.3, 0.4) is 0 Å². The summed E-state index contributed by atoms with van der Waals surface area (Å²) in [5.41, 5.74) is 2.25. The molecular formula is C24H29FN4O2. The van der Waals surface area contributed by atoms with Crippen molar-refractivity contribution < 1.29 is 13.7 Å². The largest absolute Gasteiger partial charge is 0.497 e. The van der Waals surface area contributed by atoms with Gasteiger partial charge in [-0.05, 0) is 43.4 Å². The third kappa shape index (κ3) is 5.42. The van der Waals surface area contributed by atoms with Crippen molar-refractivity contribution in [1.82, 2.24) is 15.0 Å². The zero-order valence-corrected chi connectivity index (χ0v) is 18.1. The number of hydrogen-bond donors (Lipinski definition) is 0. The Morgan fingerprint density at radius 1 is 1.06 bits per heavy atom. The first-order valence-electron chi connectivity index (χ1n) is 10.6. The summed E-state index contributed by atoms with van der Waals surface area (Å²) in [6, 6.07) is 16.7. The molecule has 0 bridgehead atoms. The summed E-state index contributed by atoms with van der Waals surface area (Å²) in [6.45, 7) is 6.69. The number of anilines is 1. The molecular weight excluding hydrogens is 395 g/mol. The Morgan fingerprint density at radius 3 is 2.52 bits per heavy atom. The normalized spacial score (nSPS) is 14.9.